The zero-order chi connectivity index (χ0) is 18.7. The highest BCUT2D eigenvalue weighted by molar-refractivity contribution is 7.12. The number of amides is 1. The van der Waals surface area contributed by atoms with Gasteiger partial charge in [0.25, 0.3) is 5.91 Å². The van der Waals surface area contributed by atoms with Crippen LogP contribution in [0.1, 0.15) is 37.5 Å². The number of aryl methyl sites for hydroxylation is 3. The maximum atomic E-state index is 12.4. The van der Waals surface area contributed by atoms with E-state index < -0.39 is 0 Å². The van der Waals surface area contributed by atoms with E-state index in [0.717, 1.165) is 22.6 Å². The molecule has 1 N–H and O–H groups in total. The van der Waals surface area contributed by atoms with Crippen molar-refractivity contribution in [2.45, 2.75) is 34.3 Å². The van der Waals surface area contributed by atoms with Gasteiger partial charge in [-0.05, 0) is 74.0 Å². The lowest BCUT2D eigenvalue weighted by atomic mass is 10.1. The summed E-state index contributed by atoms with van der Waals surface area (Å²) in [6.45, 7) is 8.70. The number of hydrogen-bond acceptors (Lipinski definition) is 3. The molecule has 0 aliphatic heterocycles. The molecule has 1 heterocycles. The Labute approximate surface area is 158 Å². The summed E-state index contributed by atoms with van der Waals surface area (Å²) in [6, 6.07) is 13.9. The number of carbonyl (C=O) groups excluding carboxylic acids is 1. The average molecular weight is 365 g/mol. The highest BCUT2D eigenvalue weighted by Gasteiger charge is 2.11. The normalized spacial score (nSPS) is 10.6. The van der Waals surface area contributed by atoms with E-state index in [0.29, 0.717) is 11.5 Å². The van der Waals surface area contributed by atoms with E-state index in [1.807, 2.05) is 42.6 Å². The van der Waals surface area contributed by atoms with Crippen molar-refractivity contribution in [2.75, 3.05) is 5.32 Å². The lowest BCUT2D eigenvalue weighted by Gasteiger charge is -2.11. The second-order valence-electron chi connectivity index (χ2n) is 6.63. The highest BCUT2D eigenvalue weighted by atomic mass is 32.1. The molecule has 134 valence electrons. The predicted octanol–water partition coefficient (Wildman–Crippen LogP) is 5.81. The van der Waals surface area contributed by atoms with Crippen molar-refractivity contribution >= 4 is 22.9 Å². The molecule has 3 aromatic rings. The van der Waals surface area contributed by atoms with Gasteiger partial charge in [0.15, 0.2) is 0 Å². The van der Waals surface area contributed by atoms with E-state index >= 15 is 0 Å². The van der Waals surface area contributed by atoms with E-state index in [2.05, 4.69) is 38.2 Å². The van der Waals surface area contributed by atoms with Gasteiger partial charge in [0.05, 0.1) is 4.88 Å². The topological polar surface area (TPSA) is 38.3 Å². The first-order chi connectivity index (χ1) is 12.4. The summed E-state index contributed by atoms with van der Waals surface area (Å²) in [6.07, 6.45) is 0. The number of carbonyl (C=O) groups is 1. The molecule has 0 saturated heterocycles. The maximum absolute atomic E-state index is 12.4. The molecule has 1 amide bonds. The molecule has 0 bridgehead atoms. The van der Waals surface area contributed by atoms with Crippen molar-refractivity contribution in [2.24, 2.45) is 0 Å². The van der Waals surface area contributed by atoms with E-state index in [9.17, 15) is 4.79 Å². The summed E-state index contributed by atoms with van der Waals surface area (Å²) in [5.74, 6) is 0.812. The van der Waals surface area contributed by atoms with Gasteiger partial charge in [0.2, 0.25) is 0 Å². The largest absolute Gasteiger partial charge is 0.489 e. The molecule has 0 atom stereocenters. The second-order valence-corrected chi connectivity index (χ2v) is 7.54. The van der Waals surface area contributed by atoms with Crippen LogP contribution in [0.3, 0.4) is 0 Å². The van der Waals surface area contributed by atoms with Gasteiger partial charge in [-0.3, -0.25) is 4.79 Å². The standard InChI is InChI=1S/C22H23NO2S/c1-14-5-7-19(8-6-14)23-22(24)21-11-18(13-26-21)12-25-20-10-15(2)9-16(3)17(20)4/h5-11,13H,12H2,1-4H3,(H,23,24). The van der Waals surface area contributed by atoms with Gasteiger partial charge >= 0.3 is 0 Å². The Hall–Kier alpha value is -2.59. The summed E-state index contributed by atoms with van der Waals surface area (Å²) in [5.41, 5.74) is 6.54. The van der Waals surface area contributed by atoms with Gasteiger partial charge in [-0.1, -0.05) is 23.8 Å². The molecule has 0 aliphatic carbocycles. The van der Waals surface area contributed by atoms with Crippen LogP contribution in [0, 0.1) is 27.7 Å². The molecule has 3 rings (SSSR count). The van der Waals surface area contributed by atoms with Crippen LogP contribution < -0.4 is 10.1 Å². The summed E-state index contributed by atoms with van der Waals surface area (Å²) in [5, 5.41) is 4.90. The van der Waals surface area contributed by atoms with Gasteiger partial charge in [-0.15, -0.1) is 11.3 Å². The van der Waals surface area contributed by atoms with Crippen molar-refractivity contribution in [3.05, 3.63) is 80.5 Å². The Kier molecular flexibility index (Phi) is 5.43. The first-order valence-corrected chi connectivity index (χ1v) is 9.46. The molecule has 0 aliphatic rings. The number of anilines is 1. The van der Waals surface area contributed by atoms with E-state index in [-0.39, 0.29) is 5.91 Å². The summed E-state index contributed by atoms with van der Waals surface area (Å²) in [4.78, 5) is 13.1. The third-order valence-corrected chi connectivity index (χ3v) is 5.32. The molecule has 4 heteroatoms. The number of nitrogens with one attached hydrogen (secondary N) is 1. The number of thiophene rings is 1. The Bertz CT molecular complexity index is 926. The summed E-state index contributed by atoms with van der Waals surface area (Å²) < 4.78 is 5.98. The number of benzene rings is 2. The quantitative estimate of drug-likeness (QED) is 0.619. The van der Waals surface area contributed by atoms with Crippen molar-refractivity contribution in [1.82, 2.24) is 0 Å². The maximum Gasteiger partial charge on any atom is 0.265 e. The molecule has 2 aromatic carbocycles. The van der Waals surface area contributed by atoms with E-state index in [1.165, 1.54) is 28.0 Å². The average Bonchev–Trinajstić information content (AvgIpc) is 3.08. The number of ether oxygens (including phenoxy) is 1. The second kappa shape index (κ2) is 7.75. The van der Waals surface area contributed by atoms with Gasteiger partial charge in [-0.25, -0.2) is 0 Å². The van der Waals surface area contributed by atoms with Crippen molar-refractivity contribution in [1.29, 1.82) is 0 Å². The Morgan fingerprint density at radius 3 is 2.46 bits per heavy atom. The zero-order valence-corrected chi connectivity index (χ0v) is 16.4. The van der Waals surface area contributed by atoms with Crippen LogP contribution in [-0.2, 0) is 6.61 Å². The SMILES string of the molecule is Cc1ccc(NC(=O)c2cc(COc3cc(C)cc(C)c3C)cs2)cc1. The summed E-state index contributed by atoms with van der Waals surface area (Å²) in [7, 11) is 0. The monoisotopic (exact) mass is 365 g/mol. The minimum absolute atomic E-state index is 0.0901. The fourth-order valence-electron chi connectivity index (χ4n) is 2.71. The highest BCUT2D eigenvalue weighted by Crippen LogP contribution is 2.25. The molecule has 0 radical (unpaired) electrons. The first-order valence-electron chi connectivity index (χ1n) is 8.58. The van der Waals surface area contributed by atoms with Gasteiger partial charge in [0, 0.05) is 11.3 Å². The van der Waals surface area contributed by atoms with Crippen LogP contribution in [0.15, 0.2) is 47.8 Å². The van der Waals surface area contributed by atoms with Gasteiger partial charge in [0.1, 0.15) is 12.4 Å². The smallest absolute Gasteiger partial charge is 0.265 e. The Morgan fingerprint density at radius 2 is 1.73 bits per heavy atom. The minimum atomic E-state index is -0.0901. The molecule has 1 aromatic heterocycles. The van der Waals surface area contributed by atoms with Crippen LogP contribution in [0.25, 0.3) is 0 Å². The van der Waals surface area contributed by atoms with Crippen molar-refractivity contribution in [3.8, 4) is 5.75 Å². The van der Waals surface area contributed by atoms with Gasteiger partial charge < -0.3 is 10.1 Å². The van der Waals surface area contributed by atoms with Crippen LogP contribution in [0.4, 0.5) is 5.69 Å². The summed E-state index contributed by atoms with van der Waals surface area (Å²) >= 11 is 1.43. The third kappa shape index (κ3) is 4.33. The third-order valence-electron chi connectivity index (χ3n) is 4.35. The number of hydrogen-bond donors (Lipinski definition) is 1. The van der Waals surface area contributed by atoms with Gasteiger partial charge in [-0.2, -0.15) is 0 Å². The van der Waals surface area contributed by atoms with E-state index in [4.69, 9.17) is 4.74 Å². The Balaban J connectivity index is 1.64. The van der Waals surface area contributed by atoms with Crippen molar-refractivity contribution in [3.63, 3.8) is 0 Å². The van der Waals surface area contributed by atoms with E-state index in [1.54, 1.807) is 0 Å². The molecular weight excluding hydrogens is 342 g/mol. The zero-order valence-electron chi connectivity index (χ0n) is 15.6. The van der Waals surface area contributed by atoms with Crippen LogP contribution in [-0.4, -0.2) is 5.91 Å². The van der Waals surface area contributed by atoms with Crippen LogP contribution >= 0.6 is 11.3 Å². The first kappa shape index (κ1) is 18.2. The fraction of sp³-hybridized carbons (Fsp3) is 0.227. The predicted molar refractivity (Wildman–Crippen MR) is 108 cm³/mol. The lowest BCUT2D eigenvalue weighted by molar-refractivity contribution is 0.103. The Morgan fingerprint density at radius 1 is 1.00 bits per heavy atom. The van der Waals surface area contributed by atoms with Crippen molar-refractivity contribution < 1.29 is 9.53 Å². The molecular formula is C22H23NO2S. The molecule has 0 saturated carbocycles. The molecule has 0 spiro atoms. The number of rotatable bonds is 5. The molecule has 0 fully saturated rings. The van der Waals surface area contributed by atoms with Crippen LogP contribution in [0.2, 0.25) is 0 Å². The van der Waals surface area contributed by atoms with Crippen LogP contribution in [0.5, 0.6) is 5.75 Å². The lowest BCUT2D eigenvalue weighted by Crippen LogP contribution is -2.10. The minimum Gasteiger partial charge on any atom is -0.489 e. The fourth-order valence-corrected chi connectivity index (χ4v) is 3.50. The molecule has 26 heavy (non-hydrogen) atoms. The molecule has 0 unspecified atom stereocenters. The molecule has 3 nitrogen and oxygen atoms in total.